The number of carbonyl (C=O) groups excluding carboxylic acids is 1. The van der Waals surface area contributed by atoms with Crippen molar-refractivity contribution in [2.24, 2.45) is 5.92 Å². The quantitative estimate of drug-likeness (QED) is 0.474. The van der Waals surface area contributed by atoms with Crippen LogP contribution in [0.25, 0.3) is 10.6 Å². The van der Waals surface area contributed by atoms with E-state index in [1.807, 2.05) is 30.3 Å². The minimum Gasteiger partial charge on any atom is -0.299 e. The second-order valence-electron chi connectivity index (χ2n) is 7.28. The summed E-state index contributed by atoms with van der Waals surface area (Å²) in [5.74, 6) is -1.14. The number of carbonyl (C=O) groups is 1. The van der Waals surface area contributed by atoms with Crippen LogP contribution in [0.1, 0.15) is 25.8 Å². The van der Waals surface area contributed by atoms with E-state index in [1.54, 1.807) is 13.8 Å². The third kappa shape index (κ3) is 6.15. The summed E-state index contributed by atoms with van der Waals surface area (Å²) in [6.07, 6.45) is -4.26. The Morgan fingerprint density at radius 2 is 1.79 bits per heavy atom. The number of benzene rings is 2. The summed E-state index contributed by atoms with van der Waals surface area (Å²) in [4.78, 5) is 12.3. The smallest absolute Gasteiger partial charge is 0.299 e. The molecule has 0 fully saturated rings. The number of aromatic nitrogens is 2. The second-order valence-corrected chi connectivity index (χ2v) is 9.97. The van der Waals surface area contributed by atoms with Crippen LogP contribution in [0.2, 0.25) is 0 Å². The first-order chi connectivity index (χ1) is 15.5. The molecule has 0 aliphatic carbocycles. The normalized spacial score (nSPS) is 14.0. The van der Waals surface area contributed by atoms with E-state index in [4.69, 9.17) is 0 Å². The monoisotopic (exact) mass is 498 g/mol. The van der Waals surface area contributed by atoms with Gasteiger partial charge in [0.25, 0.3) is 0 Å². The van der Waals surface area contributed by atoms with Gasteiger partial charge in [-0.3, -0.25) is 10.1 Å². The fourth-order valence-corrected chi connectivity index (χ4v) is 4.99. The maximum atomic E-state index is 13.0. The molecule has 2 N–H and O–H groups in total. The van der Waals surface area contributed by atoms with Crippen LogP contribution in [0.15, 0.2) is 59.5 Å². The highest BCUT2D eigenvalue weighted by atomic mass is 32.2. The van der Waals surface area contributed by atoms with E-state index >= 15 is 0 Å². The first kappa shape index (κ1) is 24.8. The molecule has 33 heavy (non-hydrogen) atoms. The molecule has 2 unspecified atom stereocenters. The lowest BCUT2D eigenvalue weighted by atomic mass is 9.99. The lowest BCUT2D eigenvalue weighted by Gasteiger charge is -2.23. The van der Waals surface area contributed by atoms with E-state index in [1.165, 1.54) is 0 Å². The van der Waals surface area contributed by atoms with Gasteiger partial charge in [-0.15, -0.1) is 10.2 Å². The van der Waals surface area contributed by atoms with Gasteiger partial charge in [0.05, 0.1) is 10.5 Å². The van der Waals surface area contributed by atoms with Gasteiger partial charge in [0.1, 0.15) is 11.0 Å². The molecule has 0 saturated heterocycles. The highest BCUT2D eigenvalue weighted by Crippen LogP contribution is 2.31. The van der Waals surface area contributed by atoms with Crippen molar-refractivity contribution in [3.05, 3.63) is 60.2 Å². The molecule has 1 heterocycles. The van der Waals surface area contributed by atoms with Gasteiger partial charge in [-0.05, 0) is 24.1 Å². The first-order valence-electron chi connectivity index (χ1n) is 9.90. The minimum absolute atomic E-state index is 0.172. The zero-order chi connectivity index (χ0) is 24.2. The van der Waals surface area contributed by atoms with Crippen molar-refractivity contribution in [1.82, 2.24) is 14.9 Å². The molecule has 0 saturated carbocycles. The Morgan fingerprint density at radius 1 is 1.09 bits per heavy atom. The van der Waals surface area contributed by atoms with E-state index < -0.39 is 44.5 Å². The maximum absolute atomic E-state index is 13.0. The number of rotatable bonds is 8. The molecule has 1 aromatic heterocycles. The average Bonchev–Trinajstić information content (AvgIpc) is 3.25. The van der Waals surface area contributed by atoms with Crippen molar-refractivity contribution in [3.8, 4) is 10.6 Å². The number of hydrogen-bond donors (Lipinski definition) is 2. The van der Waals surface area contributed by atoms with Crippen LogP contribution in [0.5, 0.6) is 0 Å². The Bertz CT molecular complexity index is 1210. The third-order valence-corrected chi connectivity index (χ3v) is 7.25. The predicted molar refractivity (Wildman–Crippen MR) is 119 cm³/mol. The zero-order valence-electron chi connectivity index (χ0n) is 17.6. The first-order valence-corrected chi connectivity index (χ1v) is 12.2. The standard InChI is InChI=1S/C21H21F3N4O3S2/c1-3-13(2)17(28-33(30,31)16-11-7-10-15(12-16)21(22,23)24)18(29)25-20-27-26-19(32-20)14-8-5-4-6-9-14/h4-13,17,28H,3H2,1-2H3,(H,25,27,29). The summed E-state index contributed by atoms with van der Waals surface area (Å²) in [6, 6.07) is 11.3. The SMILES string of the molecule is CCC(C)C(NS(=O)(=O)c1cccc(C(F)(F)F)c1)C(=O)Nc1nnc(-c2ccccc2)s1. The predicted octanol–water partition coefficient (Wildman–Crippen LogP) is 4.56. The van der Waals surface area contributed by atoms with Crippen molar-refractivity contribution < 1.29 is 26.4 Å². The highest BCUT2D eigenvalue weighted by molar-refractivity contribution is 7.89. The number of hydrogen-bond acceptors (Lipinski definition) is 6. The molecule has 0 aliphatic heterocycles. The molecule has 1 amide bonds. The van der Waals surface area contributed by atoms with Gasteiger partial charge in [0.2, 0.25) is 21.1 Å². The van der Waals surface area contributed by atoms with Gasteiger partial charge in [0.15, 0.2) is 0 Å². The van der Waals surface area contributed by atoms with Crippen LogP contribution in [0.4, 0.5) is 18.3 Å². The Kier molecular flexibility index (Phi) is 7.50. The minimum atomic E-state index is -4.70. The third-order valence-electron chi connectivity index (χ3n) is 4.93. The molecule has 0 radical (unpaired) electrons. The van der Waals surface area contributed by atoms with Gasteiger partial charge in [-0.2, -0.15) is 17.9 Å². The van der Waals surface area contributed by atoms with Gasteiger partial charge < -0.3 is 0 Å². The molecule has 3 rings (SSSR count). The van der Waals surface area contributed by atoms with Crippen LogP contribution in [-0.2, 0) is 21.0 Å². The number of amides is 1. The van der Waals surface area contributed by atoms with E-state index in [9.17, 15) is 26.4 Å². The largest absolute Gasteiger partial charge is 0.416 e. The summed E-state index contributed by atoms with van der Waals surface area (Å²) < 4.78 is 66.9. The molecule has 2 atom stereocenters. The lowest BCUT2D eigenvalue weighted by Crippen LogP contribution is -2.47. The van der Waals surface area contributed by atoms with E-state index in [2.05, 4.69) is 20.2 Å². The molecule has 12 heteroatoms. The molecular formula is C21H21F3N4O3S2. The molecule has 0 bridgehead atoms. The average molecular weight is 499 g/mol. The van der Waals surface area contributed by atoms with Crippen molar-refractivity contribution in [2.45, 2.75) is 37.4 Å². The summed E-state index contributed by atoms with van der Waals surface area (Å²) in [6.45, 7) is 3.43. The Labute approximate surface area is 193 Å². The van der Waals surface area contributed by atoms with Crippen molar-refractivity contribution in [2.75, 3.05) is 5.32 Å². The molecule has 7 nitrogen and oxygen atoms in total. The van der Waals surface area contributed by atoms with Gasteiger partial charge in [0, 0.05) is 5.56 Å². The topological polar surface area (TPSA) is 101 Å². The number of sulfonamides is 1. The Balaban J connectivity index is 1.81. The lowest BCUT2D eigenvalue weighted by molar-refractivity contribution is -0.137. The van der Waals surface area contributed by atoms with Crippen LogP contribution in [-0.4, -0.2) is 30.6 Å². The van der Waals surface area contributed by atoms with Crippen LogP contribution in [0.3, 0.4) is 0 Å². The number of anilines is 1. The number of halogens is 3. The molecule has 3 aromatic rings. The Hall–Kier alpha value is -2.83. The highest BCUT2D eigenvalue weighted by Gasteiger charge is 2.34. The van der Waals surface area contributed by atoms with Gasteiger partial charge in [-0.25, -0.2) is 8.42 Å². The summed E-state index contributed by atoms with van der Waals surface area (Å²) in [5, 5.41) is 11.2. The van der Waals surface area contributed by atoms with Crippen LogP contribution < -0.4 is 10.0 Å². The molecule has 0 spiro atoms. The molecule has 0 aliphatic rings. The van der Waals surface area contributed by atoms with Crippen molar-refractivity contribution in [3.63, 3.8) is 0 Å². The number of alkyl halides is 3. The maximum Gasteiger partial charge on any atom is 0.416 e. The fourth-order valence-electron chi connectivity index (χ4n) is 2.89. The Morgan fingerprint density at radius 3 is 2.42 bits per heavy atom. The van der Waals surface area contributed by atoms with E-state index in [0.29, 0.717) is 17.5 Å². The van der Waals surface area contributed by atoms with Gasteiger partial charge in [-0.1, -0.05) is 68.0 Å². The summed E-state index contributed by atoms with van der Waals surface area (Å²) in [7, 11) is -4.42. The summed E-state index contributed by atoms with van der Waals surface area (Å²) >= 11 is 1.11. The van der Waals surface area contributed by atoms with E-state index in [-0.39, 0.29) is 5.13 Å². The van der Waals surface area contributed by atoms with Crippen LogP contribution >= 0.6 is 11.3 Å². The summed E-state index contributed by atoms with van der Waals surface area (Å²) in [5.41, 5.74) is -0.295. The number of nitrogens with zero attached hydrogens (tertiary/aromatic N) is 2. The second kappa shape index (κ2) is 9.98. The van der Waals surface area contributed by atoms with Crippen molar-refractivity contribution >= 4 is 32.4 Å². The zero-order valence-corrected chi connectivity index (χ0v) is 19.3. The molecule has 176 valence electrons. The van der Waals surface area contributed by atoms with Crippen LogP contribution in [0, 0.1) is 5.92 Å². The molecular weight excluding hydrogens is 477 g/mol. The fraction of sp³-hybridized carbons (Fsp3) is 0.286. The number of nitrogens with one attached hydrogen (secondary N) is 2. The van der Waals surface area contributed by atoms with E-state index in [0.717, 1.165) is 35.1 Å². The molecule has 2 aromatic carbocycles. The van der Waals surface area contributed by atoms with Crippen molar-refractivity contribution in [1.29, 1.82) is 0 Å². The van der Waals surface area contributed by atoms with Gasteiger partial charge >= 0.3 is 6.18 Å².